The lowest BCUT2D eigenvalue weighted by Crippen LogP contribution is -2.37. The molecule has 0 fully saturated rings. The van der Waals surface area contributed by atoms with Gasteiger partial charge in [-0.1, -0.05) is 68.4 Å². The van der Waals surface area contributed by atoms with Crippen LogP contribution >= 0.6 is 0 Å². The van der Waals surface area contributed by atoms with E-state index in [9.17, 15) is 4.79 Å². The van der Waals surface area contributed by atoms with Crippen molar-refractivity contribution in [2.45, 2.75) is 58.5 Å². The average Bonchev–Trinajstić information content (AvgIpc) is 3.17. The van der Waals surface area contributed by atoms with E-state index in [0.29, 0.717) is 17.4 Å². The minimum absolute atomic E-state index is 0.224. The van der Waals surface area contributed by atoms with E-state index in [2.05, 4.69) is 70.2 Å². The lowest BCUT2D eigenvalue weighted by molar-refractivity contribution is -0.0276. The monoisotopic (exact) mass is 386 g/mol. The molecule has 1 aliphatic rings. The van der Waals surface area contributed by atoms with Crippen molar-refractivity contribution in [3.05, 3.63) is 82.9 Å². The summed E-state index contributed by atoms with van der Waals surface area (Å²) in [6.07, 6.45) is 3.00. The summed E-state index contributed by atoms with van der Waals surface area (Å²) in [7, 11) is 0. The van der Waals surface area contributed by atoms with Gasteiger partial charge in [-0.25, -0.2) is 4.79 Å². The zero-order valence-electron chi connectivity index (χ0n) is 17.9. The van der Waals surface area contributed by atoms with Crippen LogP contribution in [0.2, 0.25) is 0 Å². The van der Waals surface area contributed by atoms with E-state index >= 15 is 0 Å². The van der Waals surface area contributed by atoms with Crippen LogP contribution in [0, 0.1) is 5.92 Å². The Kier molecular flexibility index (Phi) is 5.21. The Balaban J connectivity index is 1.61. The molecule has 2 nitrogen and oxygen atoms in total. The van der Waals surface area contributed by atoms with Crippen LogP contribution in [0.4, 0.5) is 0 Å². The number of hydrogen-bond acceptors (Lipinski definition) is 2. The number of rotatable bonds is 5. The van der Waals surface area contributed by atoms with Gasteiger partial charge in [0.2, 0.25) is 0 Å². The fraction of sp³-hybridized carbons (Fsp3) is 0.370. The predicted octanol–water partition coefficient (Wildman–Crippen LogP) is 6.70. The lowest BCUT2D eigenvalue weighted by atomic mass is 9.88. The number of fused-ring (bicyclic) bond motifs is 2. The van der Waals surface area contributed by atoms with Crippen molar-refractivity contribution in [3.63, 3.8) is 0 Å². The van der Waals surface area contributed by atoms with Crippen molar-refractivity contribution in [1.29, 1.82) is 0 Å². The van der Waals surface area contributed by atoms with Gasteiger partial charge in [-0.05, 0) is 72.6 Å². The molecule has 3 aromatic carbocycles. The maximum absolute atomic E-state index is 13.2. The van der Waals surface area contributed by atoms with Crippen LogP contribution in [-0.2, 0) is 17.6 Å². The molecular formula is C27H30O2. The molecule has 1 unspecified atom stereocenters. The third-order valence-electron chi connectivity index (χ3n) is 6.71. The molecule has 2 heteroatoms. The largest absolute Gasteiger partial charge is 0.456 e. The number of esters is 1. The van der Waals surface area contributed by atoms with Gasteiger partial charge < -0.3 is 4.74 Å². The number of carbonyl (C=O) groups is 1. The van der Waals surface area contributed by atoms with Crippen LogP contribution < -0.4 is 0 Å². The van der Waals surface area contributed by atoms with E-state index in [1.165, 1.54) is 16.7 Å². The van der Waals surface area contributed by atoms with E-state index in [1.807, 2.05) is 18.2 Å². The zero-order chi connectivity index (χ0) is 20.6. The number of carbonyl (C=O) groups excluding carboxylic acids is 1. The van der Waals surface area contributed by atoms with E-state index in [0.717, 1.165) is 30.0 Å². The molecule has 0 heterocycles. The quantitative estimate of drug-likeness (QED) is 0.456. The molecule has 0 aliphatic heterocycles. The molecule has 0 saturated heterocycles. The van der Waals surface area contributed by atoms with Crippen LogP contribution in [0.5, 0.6) is 0 Å². The lowest BCUT2D eigenvalue weighted by Gasteiger charge is -2.31. The highest BCUT2D eigenvalue weighted by Crippen LogP contribution is 2.37. The number of benzene rings is 3. The molecule has 0 radical (unpaired) electrons. The first-order chi connectivity index (χ1) is 13.9. The van der Waals surface area contributed by atoms with Crippen molar-refractivity contribution in [2.24, 2.45) is 5.92 Å². The van der Waals surface area contributed by atoms with Crippen LogP contribution in [0.3, 0.4) is 0 Å². The molecule has 0 saturated carbocycles. The molecule has 1 aliphatic carbocycles. The molecule has 0 aromatic heterocycles. The van der Waals surface area contributed by atoms with E-state index < -0.39 is 5.60 Å². The third kappa shape index (κ3) is 3.69. The van der Waals surface area contributed by atoms with Crippen LogP contribution in [0.1, 0.15) is 67.1 Å². The summed E-state index contributed by atoms with van der Waals surface area (Å²) in [5.41, 5.74) is 4.20. The number of hydrogen-bond donors (Lipinski definition) is 0. The third-order valence-corrected chi connectivity index (χ3v) is 6.71. The fourth-order valence-corrected chi connectivity index (χ4v) is 4.59. The second-order valence-corrected chi connectivity index (χ2v) is 8.92. The van der Waals surface area contributed by atoms with Gasteiger partial charge in [0.25, 0.3) is 0 Å². The summed E-state index contributed by atoms with van der Waals surface area (Å²) in [6, 6.07) is 20.8. The summed E-state index contributed by atoms with van der Waals surface area (Å²) in [6.45, 7) is 8.54. The van der Waals surface area contributed by atoms with E-state index in [4.69, 9.17) is 4.74 Å². The molecule has 1 atom stereocenters. The SMILES string of the molecule is CCC(C)c1cccc2c(C(=O)OC(C)(C)C3Cc4ccccc4C3)cccc12. The highest BCUT2D eigenvalue weighted by atomic mass is 16.6. The van der Waals surface area contributed by atoms with Crippen LogP contribution in [-0.4, -0.2) is 11.6 Å². The average molecular weight is 387 g/mol. The standard InChI is InChI=1S/C27H30O2/c1-5-18(2)22-12-8-14-24-23(22)13-9-15-25(24)26(28)29-27(3,4)21-16-19-10-6-7-11-20(19)17-21/h6-15,18,21H,5,16-17H2,1-4H3. The normalized spacial score (nSPS) is 15.3. The minimum atomic E-state index is -0.521. The number of ether oxygens (including phenoxy) is 1. The van der Waals surface area contributed by atoms with Crippen LogP contribution in [0.25, 0.3) is 10.8 Å². The van der Waals surface area contributed by atoms with Crippen molar-refractivity contribution >= 4 is 16.7 Å². The van der Waals surface area contributed by atoms with Gasteiger partial charge in [-0.15, -0.1) is 0 Å². The van der Waals surface area contributed by atoms with Gasteiger partial charge >= 0.3 is 5.97 Å². The summed E-state index contributed by atoms with van der Waals surface area (Å²) >= 11 is 0. The summed E-state index contributed by atoms with van der Waals surface area (Å²) in [5, 5.41) is 2.14. The Morgan fingerprint density at radius 2 is 1.59 bits per heavy atom. The maximum atomic E-state index is 13.2. The Morgan fingerprint density at radius 3 is 2.24 bits per heavy atom. The van der Waals surface area contributed by atoms with E-state index in [-0.39, 0.29) is 5.97 Å². The second-order valence-electron chi connectivity index (χ2n) is 8.92. The van der Waals surface area contributed by atoms with Crippen molar-refractivity contribution in [2.75, 3.05) is 0 Å². The van der Waals surface area contributed by atoms with E-state index in [1.54, 1.807) is 0 Å². The molecule has 0 amide bonds. The topological polar surface area (TPSA) is 26.3 Å². The Morgan fingerprint density at radius 1 is 0.966 bits per heavy atom. The first-order valence-electron chi connectivity index (χ1n) is 10.7. The minimum Gasteiger partial charge on any atom is -0.456 e. The van der Waals surface area contributed by atoms with Gasteiger partial charge in [0.15, 0.2) is 0 Å². The van der Waals surface area contributed by atoms with Gasteiger partial charge in [0.1, 0.15) is 5.60 Å². The zero-order valence-corrected chi connectivity index (χ0v) is 17.9. The van der Waals surface area contributed by atoms with Crippen molar-refractivity contribution in [1.82, 2.24) is 0 Å². The Hall–Kier alpha value is -2.61. The van der Waals surface area contributed by atoms with Crippen molar-refractivity contribution < 1.29 is 9.53 Å². The molecule has 4 rings (SSSR count). The molecule has 0 bridgehead atoms. The molecule has 0 spiro atoms. The summed E-state index contributed by atoms with van der Waals surface area (Å²) < 4.78 is 6.13. The van der Waals surface area contributed by atoms with Gasteiger partial charge in [0.05, 0.1) is 5.56 Å². The Bertz CT molecular complexity index is 1020. The smallest absolute Gasteiger partial charge is 0.339 e. The van der Waals surface area contributed by atoms with Crippen LogP contribution in [0.15, 0.2) is 60.7 Å². The predicted molar refractivity (Wildman–Crippen MR) is 119 cm³/mol. The molecule has 0 N–H and O–H groups in total. The highest BCUT2D eigenvalue weighted by Gasteiger charge is 2.37. The first kappa shape index (κ1) is 19.7. The summed E-state index contributed by atoms with van der Waals surface area (Å²) in [5.74, 6) is 0.533. The molecule has 150 valence electrons. The van der Waals surface area contributed by atoms with Gasteiger partial charge in [-0.3, -0.25) is 0 Å². The molecule has 29 heavy (non-hydrogen) atoms. The maximum Gasteiger partial charge on any atom is 0.339 e. The van der Waals surface area contributed by atoms with Crippen molar-refractivity contribution in [3.8, 4) is 0 Å². The van der Waals surface area contributed by atoms with Gasteiger partial charge in [0, 0.05) is 5.92 Å². The summed E-state index contributed by atoms with van der Waals surface area (Å²) in [4.78, 5) is 13.2. The molecular weight excluding hydrogens is 356 g/mol. The first-order valence-corrected chi connectivity index (χ1v) is 10.7. The molecule has 3 aromatic rings. The highest BCUT2D eigenvalue weighted by molar-refractivity contribution is 6.05. The van der Waals surface area contributed by atoms with Gasteiger partial charge in [-0.2, -0.15) is 0 Å². The second kappa shape index (κ2) is 7.67. The Labute approximate surface area is 173 Å². The fourth-order valence-electron chi connectivity index (χ4n) is 4.59.